The molecular weight excluding hydrogens is 216 g/mol. The van der Waals surface area contributed by atoms with E-state index in [1.54, 1.807) is 0 Å². The zero-order chi connectivity index (χ0) is 12.9. The molecule has 0 aromatic rings. The SMILES string of the molecule is CCCN(CC)CCNCC(OCC)OCC. The summed E-state index contributed by atoms with van der Waals surface area (Å²) in [4.78, 5) is 2.45. The largest absolute Gasteiger partial charge is 0.352 e. The molecule has 0 radical (unpaired) electrons. The summed E-state index contributed by atoms with van der Waals surface area (Å²) in [5.41, 5.74) is 0. The molecule has 17 heavy (non-hydrogen) atoms. The molecule has 0 bridgehead atoms. The highest BCUT2D eigenvalue weighted by Crippen LogP contribution is 1.93. The minimum absolute atomic E-state index is 0.105. The van der Waals surface area contributed by atoms with Crippen molar-refractivity contribution in [3.05, 3.63) is 0 Å². The molecule has 0 unspecified atom stereocenters. The van der Waals surface area contributed by atoms with Crippen molar-refractivity contribution >= 4 is 0 Å². The van der Waals surface area contributed by atoms with E-state index in [0.717, 1.165) is 26.2 Å². The van der Waals surface area contributed by atoms with Crippen molar-refractivity contribution in [1.82, 2.24) is 10.2 Å². The van der Waals surface area contributed by atoms with E-state index in [-0.39, 0.29) is 6.29 Å². The van der Waals surface area contributed by atoms with Crippen molar-refractivity contribution in [3.63, 3.8) is 0 Å². The van der Waals surface area contributed by atoms with Crippen LogP contribution in [0.15, 0.2) is 0 Å². The maximum Gasteiger partial charge on any atom is 0.169 e. The van der Waals surface area contributed by atoms with Gasteiger partial charge in [0.05, 0.1) is 0 Å². The van der Waals surface area contributed by atoms with Crippen LogP contribution in [0.25, 0.3) is 0 Å². The third kappa shape index (κ3) is 9.53. The Labute approximate surface area is 107 Å². The first-order chi connectivity index (χ1) is 8.28. The number of nitrogens with zero attached hydrogens (tertiary/aromatic N) is 1. The molecular formula is C13H30N2O2. The zero-order valence-electron chi connectivity index (χ0n) is 12.0. The highest BCUT2D eigenvalue weighted by atomic mass is 16.7. The Bertz CT molecular complexity index is 150. The van der Waals surface area contributed by atoms with Crippen LogP contribution in [-0.2, 0) is 9.47 Å². The van der Waals surface area contributed by atoms with Crippen LogP contribution in [0, 0.1) is 0 Å². The molecule has 0 aliphatic rings. The van der Waals surface area contributed by atoms with E-state index < -0.39 is 0 Å². The van der Waals surface area contributed by atoms with Gasteiger partial charge in [0.2, 0.25) is 0 Å². The summed E-state index contributed by atoms with van der Waals surface area (Å²) in [5, 5.41) is 3.39. The maximum atomic E-state index is 5.46. The molecule has 0 fully saturated rings. The van der Waals surface area contributed by atoms with Gasteiger partial charge in [0.15, 0.2) is 6.29 Å². The van der Waals surface area contributed by atoms with Crippen LogP contribution in [0.2, 0.25) is 0 Å². The standard InChI is InChI=1S/C13H30N2O2/c1-5-10-15(6-2)11-9-14-12-13(16-7-3)17-8-4/h13-14H,5-12H2,1-4H3. The number of ether oxygens (including phenoxy) is 2. The van der Waals surface area contributed by atoms with Gasteiger partial charge >= 0.3 is 0 Å². The Morgan fingerprint density at radius 3 is 2.12 bits per heavy atom. The second kappa shape index (κ2) is 12.3. The highest BCUT2D eigenvalue weighted by molar-refractivity contribution is 4.58. The van der Waals surface area contributed by atoms with Crippen molar-refractivity contribution in [2.45, 2.75) is 40.4 Å². The molecule has 0 atom stereocenters. The van der Waals surface area contributed by atoms with Crippen LogP contribution >= 0.6 is 0 Å². The van der Waals surface area contributed by atoms with Gasteiger partial charge in [-0.25, -0.2) is 0 Å². The summed E-state index contributed by atoms with van der Waals surface area (Å²) in [5.74, 6) is 0. The predicted octanol–water partition coefficient (Wildman–Crippen LogP) is 1.71. The summed E-state index contributed by atoms with van der Waals surface area (Å²) < 4.78 is 10.9. The van der Waals surface area contributed by atoms with Crippen LogP contribution < -0.4 is 5.32 Å². The molecule has 0 heterocycles. The first-order valence-electron chi connectivity index (χ1n) is 6.94. The molecule has 0 aliphatic carbocycles. The zero-order valence-corrected chi connectivity index (χ0v) is 12.0. The van der Waals surface area contributed by atoms with Crippen molar-refractivity contribution in [1.29, 1.82) is 0 Å². The Kier molecular flexibility index (Phi) is 12.2. The normalized spacial score (nSPS) is 11.6. The Morgan fingerprint density at radius 1 is 1.00 bits per heavy atom. The monoisotopic (exact) mass is 246 g/mol. The molecule has 0 rings (SSSR count). The van der Waals surface area contributed by atoms with E-state index in [4.69, 9.17) is 9.47 Å². The molecule has 4 heteroatoms. The Morgan fingerprint density at radius 2 is 1.65 bits per heavy atom. The van der Waals surface area contributed by atoms with Crippen LogP contribution in [0.4, 0.5) is 0 Å². The second-order valence-corrected chi connectivity index (χ2v) is 3.98. The quantitative estimate of drug-likeness (QED) is 0.420. The fourth-order valence-electron chi connectivity index (χ4n) is 1.74. The number of hydrogen-bond donors (Lipinski definition) is 1. The first-order valence-corrected chi connectivity index (χ1v) is 6.94. The van der Waals surface area contributed by atoms with Gasteiger partial charge in [-0.1, -0.05) is 13.8 Å². The van der Waals surface area contributed by atoms with E-state index in [9.17, 15) is 0 Å². The van der Waals surface area contributed by atoms with Crippen LogP contribution in [0.5, 0.6) is 0 Å². The lowest BCUT2D eigenvalue weighted by Gasteiger charge is -2.21. The van der Waals surface area contributed by atoms with Gasteiger partial charge < -0.3 is 19.7 Å². The summed E-state index contributed by atoms with van der Waals surface area (Å²) in [6, 6.07) is 0. The molecule has 104 valence electrons. The van der Waals surface area contributed by atoms with Crippen molar-refractivity contribution in [2.24, 2.45) is 0 Å². The van der Waals surface area contributed by atoms with Gasteiger partial charge in [-0.05, 0) is 33.4 Å². The Hall–Kier alpha value is -0.160. The lowest BCUT2D eigenvalue weighted by Crippen LogP contribution is -2.37. The molecule has 0 amide bonds. The van der Waals surface area contributed by atoms with Gasteiger partial charge in [0, 0.05) is 32.8 Å². The Balaban J connectivity index is 3.57. The fourth-order valence-corrected chi connectivity index (χ4v) is 1.74. The van der Waals surface area contributed by atoms with Crippen LogP contribution in [0.3, 0.4) is 0 Å². The van der Waals surface area contributed by atoms with E-state index in [1.165, 1.54) is 13.0 Å². The van der Waals surface area contributed by atoms with Crippen LogP contribution in [-0.4, -0.2) is 57.1 Å². The minimum Gasteiger partial charge on any atom is -0.352 e. The van der Waals surface area contributed by atoms with Crippen molar-refractivity contribution in [3.8, 4) is 0 Å². The van der Waals surface area contributed by atoms with Crippen LogP contribution in [0.1, 0.15) is 34.1 Å². The van der Waals surface area contributed by atoms with Crippen molar-refractivity contribution in [2.75, 3.05) is 45.9 Å². The smallest absolute Gasteiger partial charge is 0.169 e. The lowest BCUT2D eigenvalue weighted by atomic mass is 10.4. The molecule has 0 saturated heterocycles. The number of hydrogen-bond acceptors (Lipinski definition) is 4. The molecule has 0 aromatic carbocycles. The summed E-state index contributed by atoms with van der Waals surface area (Å²) in [6.45, 7) is 15.0. The average Bonchev–Trinajstić information content (AvgIpc) is 2.33. The predicted molar refractivity (Wildman–Crippen MR) is 72.3 cm³/mol. The van der Waals surface area contributed by atoms with Gasteiger partial charge in [-0.2, -0.15) is 0 Å². The van der Waals surface area contributed by atoms with Gasteiger partial charge in [0.25, 0.3) is 0 Å². The third-order valence-corrected chi connectivity index (χ3v) is 2.61. The van der Waals surface area contributed by atoms with E-state index >= 15 is 0 Å². The minimum atomic E-state index is -0.105. The number of nitrogens with one attached hydrogen (secondary N) is 1. The number of rotatable bonds is 12. The summed E-state index contributed by atoms with van der Waals surface area (Å²) in [6.07, 6.45) is 1.11. The summed E-state index contributed by atoms with van der Waals surface area (Å²) in [7, 11) is 0. The van der Waals surface area contributed by atoms with Gasteiger partial charge in [-0.15, -0.1) is 0 Å². The first kappa shape index (κ1) is 16.8. The molecule has 0 aromatic heterocycles. The molecule has 1 N–H and O–H groups in total. The van der Waals surface area contributed by atoms with E-state index in [2.05, 4.69) is 24.1 Å². The van der Waals surface area contributed by atoms with Gasteiger partial charge in [-0.3, -0.25) is 0 Å². The molecule has 0 aliphatic heterocycles. The lowest BCUT2D eigenvalue weighted by molar-refractivity contribution is -0.132. The maximum absolute atomic E-state index is 5.46. The fraction of sp³-hybridized carbons (Fsp3) is 1.00. The molecule has 0 saturated carbocycles. The van der Waals surface area contributed by atoms with Crippen molar-refractivity contribution < 1.29 is 9.47 Å². The summed E-state index contributed by atoms with van der Waals surface area (Å²) >= 11 is 0. The van der Waals surface area contributed by atoms with Gasteiger partial charge in [0.1, 0.15) is 0 Å². The average molecular weight is 246 g/mol. The number of likely N-dealkylation sites (N-methyl/N-ethyl adjacent to an activating group) is 1. The van der Waals surface area contributed by atoms with E-state index in [1.807, 2.05) is 13.8 Å². The molecule has 4 nitrogen and oxygen atoms in total. The van der Waals surface area contributed by atoms with E-state index in [0.29, 0.717) is 13.2 Å². The third-order valence-electron chi connectivity index (χ3n) is 2.61. The molecule has 0 spiro atoms. The highest BCUT2D eigenvalue weighted by Gasteiger charge is 2.07. The topological polar surface area (TPSA) is 33.7 Å². The second-order valence-electron chi connectivity index (χ2n) is 3.98.